The van der Waals surface area contributed by atoms with Gasteiger partial charge in [-0.25, -0.2) is 9.18 Å². The van der Waals surface area contributed by atoms with Gasteiger partial charge in [0.2, 0.25) is 5.91 Å². The SMILES string of the molecule is CN(Cc1ccc(F)cc1Cl)C1COC2(CCN(C(=O)N3CCC4OCC(=O)N[C@@H]4C3)CC2)C1. The van der Waals surface area contributed by atoms with Gasteiger partial charge < -0.3 is 24.6 Å². The summed E-state index contributed by atoms with van der Waals surface area (Å²) >= 11 is 6.21. The molecule has 4 aliphatic rings. The Morgan fingerprint density at radius 2 is 2.09 bits per heavy atom. The van der Waals surface area contributed by atoms with E-state index in [4.69, 9.17) is 21.1 Å². The number of hydrogen-bond acceptors (Lipinski definition) is 5. The average molecular weight is 495 g/mol. The second-order valence-electron chi connectivity index (χ2n) is 10.0. The molecule has 5 rings (SSSR count). The molecule has 0 aromatic heterocycles. The van der Waals surface area contributed by atoms with E-state index in [1.807, 2.05) is 16.8 Å². The third-order valence-electron chi connectivity index (χ3n) is 7.79. The number of carbonyl (C=O) groups excluding carboxylic acids is 2. The van der Waals surface area contributed by atoms with Gasteiger partial charge in [0.25, 0.3) is 0 Å². The highest BCUT2D eigenvalue weighted by Gasteiger charge is 2.45. The lowest BCUT2D eigenvalue weighted by molar-refractivity contribution is -0.139. The van der Waals surface area contributed by atoms with Crippen LogP contribution in [-0.4, -0.2) is 96.9 Å². The Morgan fingerprint density at radius 1 is 1.29 bits per heavy atom. The van der Waals surface area contributed by atoms with Crippen molar-refractivity contribution in [1.82, 2.24) is 20.0 Å². The molecular formula is C24H32ClFN4O4. The number of likely N-dealkylation sites (N-methyl/N-ethyl adjacent to an activating group) is 1. The Labute approximate surface area is 204 Å². The second-order valence-corrected chi connectivity index (χ2v) is 10.4. The van der Waals surface area contributed by atoms with Crippen LogP contribution in [-0.2, 0) is 20.8 Å². The standard InChI is InChI=1S/C24H32ClFN4O4/c1-28(12-16-2-3-17(26)10-19(16)25)18-11-24(34-14-18)5-8-29(9-6-24)23(32)30-7-4-21-20(13-30)27-22(31)15-33-21/h2-3,10,18,20-21H,4-9,11-15H2,1H3,(H,27,31)/t18?,20-,21?/m1/s1. The predicted octanol–water partition coefficient (Wildman–Crippen LogP) is 2.24. The smallest absolute Gasteiger partial charge is 0.320 e. The number of urea groups is 1. The molecule has 2 unspecified atom stereocenters. The Kier molecular flexibility index (Phi) is 6.72. The lowest BCUT2D eigenvalue weighted by Crippen LogP contribution is -2.63. The van der Waals surface area contributed by atoms with Gasteiger partial charge in [0, 0.05) is 43.8 Å². The minimum Gasteiger partial charge on any atom is -0.373 e. The number of nitrogens with zero attached hydrogens (tertiary/aromatic N) is 3. The van der Waals surface area contributed by atoms with Crippen LogP contribution in [0.1, 0.15) is 31.2 Å². The number of fused-ring (bicyclic) bond motifs is 1. The summed E-state index contributed by atoms with van der Waals surface area (Å²) in [5.41, 5.74) is 0.691. The molecule has 1 aromatic rings. The number of halogens is 2. The third-order valence-corrected chi connectivity index (χ3v) is 8.14. The fourth-order valence-electron chi connectivity index (χ4n) is 5.68. The predicted molar refractivity (Wildman–Crippen MR) is 124 cm³/mol. The first-order valence-electron chi connectivity index (χ1n) is 12.0. The molecule has 34 heavy (non-hydrogen) atoms. The zero-order valence-electron chi connectivity index (χ0n) is 19.5. The van der Waals surface area contributed by atoms with Crippen LogP contribution in [0, 0.1) is 5.82 Å². The van der Waals surface area contributed by atoms with Crippen LogP contribution in [0.3, 0.4) is 0 Å². The van der Waals surface area contributed by atoms with Gasteiger partial charge in [-0.05, 0) is 50.4 Å². The quantitative estimate of drug-likeness (QED) is 0.697. The number of ether oxygens (including phenoxy) is 2. The molecule has 0 radical (unpaired) electrons. The van der Waals surface area contributed by atoms with E-state index < -0.39 is 0 Å². The van der Waals surface area contributed by atoms with Crippen molar-refractivity contribution in [2.45, 2.75) is 56.0 Å². The van der Waals surface area contributed by atoms with Crippen molar-refractivity contribution in [3.8, 4) is 0 Å². The zero-order chi connectivity index (χ0) is 23.9. The number of nitrogens with one attached hydrogen (secondary N) is 1. The van der Waals surface area contributed by atoms with Crippen LogP contribution in [0.2, 0.25) is 5.02 Å². The van der Waals surface area contributed by atoms with Gasteiger partial charge in [-0.15, -0.1) is 0 Å². The largest absolute Gasteiger partial charge is 0.373 e. The molecule has 4 saturated heterocycles. The molecule has 4 fully saturated rings. The van der Waals surface area contributed by atoms with Crippen LogP contribution in [0.5, 0.6) is 0 Å². The molecule has 10 heteroatoms. The van der Waals surface area contributed by atoms with Crippen LogP contribution >= 0.6 is 11.6 Å². The summed E-state index contributed by atoms with van der Waals surface area (Å²) < 4.78 is 25.3. The Balaban J connectivity index is 1.12. The van der Waals surface area contributed by atoms with Gasteiger partial charge in [0.1, 0.15) is 12.4 Å². The number of likely N-dealkylation sites (tertiary alicyclic amines) is 2. The van der Waals surface area contributed by atoms with Gasteiger partial charge in [0.05, 0.1) is 24.4 Å². The molecule has 1 spiro atoms. The Hall–Kier alpha value is -1.94. The number of rotatable bonds is 3. The first kappa shape index (κ1) is 23.8. The fraction of sp³-hybridized carbons (Fsp3) is 0.667. The topological polar surface area (TPSA) is 74.3 Å². The number of hydrogen-bond donors (Lipinski definition) is 1. The molecule has 0 saturated carbocycles. The highest BCUT2D eigenvalue weighted by Crippen LogP contribution is 2.38. The molecular weight excluding hydrogens is 463 g/mol. The minimum absolute atomic E-state index is 0.00280. The Bertz CT molecular complexity index is 942. The van der Waals surface area contributed by atoms with Crippen LogP contribution in [0.25, 0.3) is 0 Å². The molecule has 4 heterocycles. The zero-order valence-corrected chi connectivity index (χ0v) is 20.2. The molecule has 0 aliphatic carbocycles. The van der Waals surface area contributed by atoms with Gasteiger partial charge >= 0.3 is 6.03 Å². The van der Waals surface area contributed by atoms with Gasteiger partial charge in [-0.1, -0.05) is 17.7 Å². The minimum atomic E-state index is -0.331. The van der Waals surface area contributed by atoms with Crippen molar-refractivity contribution >= 4 is 23.5 Å². The average Bonchev–Trinajstić information content (AvgIpc) is 3.24. The molecule has 1 N–H and O–H groups in total. The molecule has 4 aliphatic heterocycles. The molecule has 3 atom stereocenters. The highest BCUT2D eigenvalue weighted by molar-refractivity contribution is 6.31. The van der Waals surface area contributed by atoms with Crippen LogP contribution in [0.15, 0.2) is 18.2 Å². The van der Waals surface area contributed by atoms with Crippen molar-refractivity contribution in [3.63, 3.8) is 0 Å². The lowest BCUT2D eigenvalue weighted by Gasteiger charge is -2.44. The van der Waals surface area contributed by atoms with E-state index in [1.165, 1.54) is 12.1 Å². The second kappa shape index (κ2) is 9.60. The van der Waals surface area contributed by atoms with E-state index in [-0.39, 0.29) is 48.2 Å². The summed E-state index contributed by atoms with van der Waals surface area (Å²) in [5.74, 6) is -0.447. The van der Waals surface area contributed by atoms with Crippen LogP contribution in [0.4, 0.5) is 9.18 Å². The van der Waals surface area contributed by atoms with E-state index in [2.05, 4.69) is 10.2 Å². The van der Waals surface area contributed by atoms with Gasteiger partial charge in [-0.3, -0.25) is 9.69 Å². The molecule has 3 amide bonds. The van der Waals surface area contributed by atoms with E-state index in [0.29, 0.717) is 44.4 Å². The number of amides is 3. The van der Waals surface area contributed by atoms with Gasteiger partial charge in [0.15, 0.2) is 0 Å². The van der Waals surface area contributed by atoms with Crippen molar-refractivity contribution < 1.29 is 23.5 Å². The summed E-state index contributed by atoms with van der Waals surface area (Å²) in [7, 11) is 2.04. The van der Waals surface area contributed by atoms with E-state index in [1.54, 1.807) is 6.07 Å². The summed E-state index contributed by atoms with van der Waals surface area (Å²) in [6, 6.07) is 4.67. The van der Waals surface area contributed by atoms with Crippen molar-refractivity contribution in [2.24, 2.45) is 0 Å². The van der Waals surface area contributed by atoms with Crippen molar-refractivity contribution in [2.75, 3.05) is 46.4 Å². The van der Waals surface area contributed by atoms with Crippen molar-refractivity contribution in [1.29, 1.82) is 0 Å². The maximum absolute atomic E-state index is 13.3. The third kappa shape index (κ3) is 4.89. The maximum atomic E-state index is 13.3. The fourth-order valence-corrected chi connectivity index (χ4v) is 5.91. The van der Waals surface area contributed by atoms with Crippen LogP contribution < -0.4 is 5.32 Å². The summed E-state index contributed by atoms with van der Waals surface area (Å²) in [6.07, 6.45) is 3.25. The number of piperidine rings is 2. The molecule has 0 bridgehead atoms. The summed E-state index contributed by atoms with van der Waals surface area (Å²) in [4.78, 5) is 30.8. The Morgan fingerprint density at radius 3 is 2.85 bits per heavy atom. The first-order valence-corrected chi connectivity index (χ1v) is 12.4. The normalized spacial score (nSPS) is 28.8. The molecule has 1 aromatic carbocycles. The maximum Gasteiger partial charge on any atom is 0.320 e. The van der Waals surface area contributed by atoms with E-state index in [0.717, 1.165) is 31.2 Å². The first-order chi connectivity index (χ1) is 16.3. The van der Waals surface area contributed by atoms with E-state index >= 15 is 0 Å². The molecule has 8 nitrogen and oxygen atoms in total. The number of benzene rings is 1. The van der Waals surface area contributed by atoms with Gasteiger partial charge in [-0.2, -0.15) is 0 Å². The van der Waals surface area contributed by atoms with E-state index in [9.17, 15) is 14.0 Å². The highest BCUT2D eigenvalue weighted by atomic mass is 35.5. The number of carbonyl (C=O) groups is 2. The summed E-state index contributed by atoms with van der Waals surface area (Å²) in [5, 5.41) is 3.40. The molecule has 186 valence electrons. The number of morpholine rings is 1. The van der Waals surface area contributed by atoms with Crippen molar-refractivity contribution in [3.05, 3.63) is 34.6 Å². The summed E-state index contributed by atoms with van der Waals surface area (Å²) in [6.45, 7) is 3.83. The monoisotopic (exact) mass is 494 g/mol. The lowest BCUT2D eigenvalue weighted by atomic mass is 9.87.